The van der Waals surface area contributed by atoms with Gasteiger partial charge in [0.05, 0.1) is 6.61 Å². The number of unbranched alkanes of at least 4 members (excludes halogenated alkanes) is 1. The van der Waals surface area contributed by atoms with E-state index < -0.39 is 0 Å². The second-order valence-electron chi connectivity index (χ2n) is 4.19. The highest BCUT2D eigenvalue weighted by atomic mass is 35.5. The molecule has 0 radical (unpaired) electrons. The van der Waals surface area contributed by atoms with E-state index in [1.165, 1.54) is 12.0 Å². The molecular formula is C14H22ClNO. The second-order valence-corrected chi connectivity index (χ2v) is 4.63. The molecule has 1 atom stereocenters. The van der Waals surface area contributed by atoms with E-state index in [2.05, 4.69) is 31.3 Å². The summed E-state index contributed by atoms with van der Waals surface area (Å²) in [6.45, 7) is 6.85. The van der Waals surface area contributed by atoms with E-state index in [0.717, 1.165) is 31.2 Å². The Hall–Kier alpha value is -0.570. The van der Waals surface area contributed by atoms with Crippen LogP contribution in [0.4, 0.5) is 0 Å². The van der Waals surface area contributed by atoms with E-state index in [9.17, 15) is 0 Å². The van der Waals surface area contributed by atoms with Crippen LogP contribution in [0, 0.1) is 0 Å². The summed E-state index contributed by atoms with van der Waals surface area (Å²) in [7, 11) is 0. The van der Waals surface area contributed by atoms with Crippen molar-refractivity contribution in [2.75, 3.05) is 19.8 Å². The normalized spacial score (nSPS) is 12.6. The van der Waals surface area contributed by atoms with E-state index in [1.54, 1.807) is 0 Å². The Morgan fingerprint density at radius 1 is 1.24 bits per heavy atom. The van der Waals surface area contributed by atoms with E-state index in [-0.39, 0.29) is 0 Å². The number of hydrogen-bond donors (Lipinski definition) is 1. The molecule has 0 aliphatic heterocycles. The van der Waals surface area contributed by atoms with E-state index >= 15 is 0 Å². The van der Waals surface area contributed by atoms with Crippen LogP contribution in [0.2, 0.25) is 5.02 Å². The molecule has 1 aromatic carbocycles. The van der Waals surface area contributed by atoms with Crippen molar-refractivity contribution >= 4 is 11.6 Å². The molecule has 0 fully saturated rings. The summed E-state index contributed by atoms with van der Waals surface area (Å²) in [5.41, 5.74) is 1.25. The molecular weight excluding hydrogens is 234 g/mol. The molecule has 1 N–H and O–H groups in total. The molecule has 96 valence electrons. The minimum Gasteiger partial charge on any atom is -0.380 e. The van der Waals surface area contributed by atoms with Crippen molar-refractivity contribution in [3.63, 3.8) is 0 Å². The fourth-order valence-corrected chi connectivity index (χ4v) is 1.69. The van der Waals surface area contributed by atoms with Crippen LogP contribution in [0.5, 0.6) is 0 Å². The Balaban J connectivity index is 2.16. The maximum absolute atomic E-state index is 5.85. The fourth-order valence-electron chi connectivity index (χ4n) is 1.57. The summed E-state index contributed by atoms with van der Waals surface area (Å²) in [6, 6.07) is 8.29. The monoisotopic (exact) mass is 255 g/mol. The number of benzene rings is 1. The SMILES string of the molecule is CCCCOCCN[C@H](C)c1ccc(Cl)cc1. The zero-order chi connectivity index (χ0) is 12.5. The smallest absolute Gasteiger partial charge is 0.0591 e. The number of halogens is 1. The first-order valence-corrected chi connectivity index (χ1v) is 6.68. The Bertz CT molecular complexity index is 300. The molecule has 0 amide bonds. The van der Waals surface area contributed by atoms with Crippen LogP contribution < -0.4 is 5.32 Å². The first kappa shape index (κ1) is 14.5. The van der Waals surface area contributed by atoms with Gasteiger partial charge in [0.2, 0.25) is 0 Å². The third-order valence-corrected chi connectivity index (χ3v) is 2.96. The second kappa shape index (κ2) is 8.51. The molecule has 3 heteroatoms. The van der Waals surface area contributed by atoms with Crippen LogP contribution in [0.15, 0.2) is 24.3 Å². The average molecular weight is 256 g/mol. The van der Waals surface area contributed by atoms with Gasteiger partial charge in [0.1, 0.15) is 0 Å². The predicted molar refractivity (Wildman–Crippen MR) is 73.6 cm³/mol. The summed E-state index contributed by atoms with van der Waals surface area (Å²) >= 11 is 5.85. The summed E-state index contributed by atoms with van der Waals surface area (Å²) in [5.74, 6) is 0. The predicted octanol–water partition coefficient (Wildman–Crippen LogP) is 3.81. The topological polar surface area (TPSA) is 21.3 Å². The summed E-state index contributed by atoms with van der Waals surface area (Å²) < 4.78 is 5.50. The van der Waals surface area contributed by atoms with Gasteiger partial charge in [-0.3, -0.25) is 0 Å². The third kappa shape index (κ3) is 6.06. The van der Waals surface area contributed by atoms with Crippen molar-refractivity contribution in [1.82, 2.24) is 5.32 Å². The Morgan fingerprint density at radius 3 is 2.59 bits per heavy atom. The summed E-state index contributed by atoms with van der Waals surface area (Å²) in [4.78, 5) is 0. The lowest BCUT2D eigenvalue weighted by Crippen LogP contribution is -2.23. The fraction of sp³-hybridized carbons (Fsp3) is 0.571. The minimum atomic E-state index is 0.335. The van der Waals surface area contributed by atoms with Gasteiger partial charge >= 0.3 is 0 Å². The first-order valence-electron chi connectivity index (χ1n) is 6.30. The number of rotatable bonds is 8. The van der Waals surface area contributed by atoms with Crippen LogP contribution in [0.3, 0.4) is 0 Å². The lowest BCUT2D eigenvalue weighted by atomic mass is 10.1. The van der Waals surface area contributed by atoms with Gasteiger partial charge in [0.15, 0.2) is 0 Å². The molecule has 0 heterocycles. The third-order valence-electron chi connectivity index (χ3n) is 2.71. The molecule has 0 aliphatic carbocycles. The lowest BCUT2D eigenvalue weighted by molar-refractivity contribution is 0.131. The van der Waals surface area contributed by atoms with Gasteiger partial charge in [-0.05, 0) is 31.0 Å². The number of ether oxygens (including phenoxy) is 1. The highest BCUT2D eigenvalue weighted by Crippen LogP contribution is 2.15. The van der Waals surface area contributed by atoms with Crippen molar-refractivity contribution in [3.05, 3.63) is 34.9 Å². The molecule has 17 heavy (non-hydrogen) atoms. The molecule has 0 spiro atoms. The molecule has 0 bridgehead atoms. The highest BCUT2D eigenvalue weighted by Gasteiger charge is 2.03. The molecule has 0 unspecified atom stereocenters. The van der Waals surface area contributed by atoms with Crippen molar-refractivity contribution in [2.24, 2.45) is 0 Å². The van der Waals surface area contributed by atoms with Gasteiger partial charge in [-0.25, -0.2) is 0 Å². The average Bonchev–Trinajstić information content (AvgIpc) is 2.34. The van der Waals surface area contributed by atoms with Crippen molar-refractivity contribution in [3.8, 4) is 0 Å². The Morgan fingerprint density at radius 2 is 1.94 bits per heavy atom. The molecule has 0 saturated heterocycles. The molecule has 2 nitrogen and oxygen atoms in total. The van der Waals surface area contributed by atoms with Crippen LogP contribution in [-0.2, 0) is 4.74 Å². The minimum absolute atomic E-state index is 0.335. The zero-order valence-corrected chi connectivity index (χ0v) is 11.5. The molecule has 0 aromatic heterocycles. The quantitative estimate of drug-likeness (QED) is 0.714. The van der Waals surface area contributed by atoms with Gasteiger partial charge in [0.25, 0.3) is 0 Å². The Kier molecular flexibility index (Phi) is 7.25. The van der Waals surface area contributed by atoms with Gasteiger partial charge in [-0.1, -0.05) is 37.1 Å². The molecule has 1 aromatic rings. The maximum Gasteiger partial charge on any atom is 0.0591 e. The van der Waals surface area contributed by atoms with Crippen LogP contribution >= 0.6 is 11.6 Å². The number of hydrogen-bond acceptors (Lipinski definition) is 2. The Labute approximate surface area is 109 Å². The highest BCUT2D eigenvalue weighted by molar-refractivity contribution is 6.30. The van der Waals surface area contributed by atoms with Crippen molar-refractivity contribution < 1.29 is 4.74 Å². The van der Waals surface area contributed by atoms with Crippen molar-refractivity contribution in [1.29, 1.82) is 0 Å². The van der Waals surface area contributed by atoms with Crippen LogP contribution in [-0.4, -0.2) is 19.8 Å². The van der Waals surface area contributed by atoms with Gasteiger partial charge in [-0.15, -0.1) is 0 Å². The summed E-state index contributed by atoms with van der Waals surface area (Å²) in [6.07, 6.45) is 2.33. The summed E-state index contributed by atoms with van der Waals surface area (Å²) in [5, 5.41) is 4.21. The van der Waals surface area contributed by atoms with E-state index in [0.29, 0.717) is 6.04 Å². The van der Waals surface area contributed by atoms with Crippen LogP contribution in [0.1, 0.15) is 38.3 Å². The maximum atomic E-state index is 5.85. The van der Waals surface area contributed by atoms with E-state index in [4.69, 9.17) is 16.3 Å². The number of nitrogens with one attached hydrogen (secondary N) is 1. The van der Waals surface area contributed by atoms with Crippen molar-refractivity contribution in [2.45, 2.75) is 32.7 Å². The first-order chi connectivity index (χ1) is 8.24. The standard InChI is InChI=1S/C14H22ClNO/c1-3-4-10-17-11-9-16-12(2)13-5-7-14(15)8-6-13/h5-8,12,16H,3-4,9-11H2,1-2H3/t12-/m1/s1. The largest absolute Gasteiger partial charge is 0.380 e. The molecule has 0 aliphatic rings. The van der Waals surface area contributed by atoms with Gasteiger partial charge in [0, 0.05) is 24.2 Å². The van der Waals surface area contributed by atoms with Gasteiger partial charge in [-0.2, -0.15) is 0 Å². The zero-order valence-electron chi connectivity index (χ0n) is 10.7. The van der Waals surface area contributed by atoms with Crippen LogP contribution in [0.25, 0.3) is 0 Å². The van der Waals surface area contributed by atoms with Gasteiger partial charge < -0.3 is 10.1 Å². The lowest BCUT2D eigenvalue weighted by Gasteiger charge is -2.14. The molecule has 0 saturated carbocycles. The molecule has 1 rings (SSSR count). The van der Waals surface area contributed by atoms with E-state index in [1.807, 2.05) is 12.1 Å².